The zero-order chi connectivity index (χ0) is 20.5. The van der Waals surface area contributed by atoms with Gasteiger partial charge in [0.25, 0.3) is 0 Å². The molecule has 4 nitrogen and oxygen atoms in total. The van der Waals surface area contributed by atoms with Crippen LogP contribution in [0.5, 0.6) is 0 Å². The van der Waals surface area contributed by atoms with Crippen molar-refractivity contribution >= 4 is 17.3 Å². The van der Waals surface area contributed by atoms with E-state index in [0.29, 0.717) is 12.0 Å². The van der Waals surface area contributed by atoms with E-state index in [1.807, 2.05) is 12.3 Å². The summed E-state index contributed by atoms with van der Waals surface area (Å²) < 4.78 is 2.61. The monoisotopic (exact) mass is 410 g/mol. The smallest absolute Gasteiger partial charge is 0.170 e. The molecule has 156 valence electrons. The van der Waals surface area contributed by atoms with Crippen molar-refractivity contribution in [1.82, 2.24) is 19.8 Å². The highest BCUT2D eigenvalue weighted by Crippen LogP contribution is 2.42. The molecule has 2 fully saturated rings. The lowest BCUT2D eigenvalue weighted by Crippen LogP contribution is -2.33. The van der Waals surface area contributed by atoms with Gasteiger partial charge >= 0.3 is 0 Å². The van der Waals surface area contributed by atoms with Crippen molar-refractivity contribution in [3.8, 4) is 0 Å². The largest absolute Gasteiger partial charge is 0.352 e. The Morgan fingerprint density at radius 3 is 2.59 bits per heavy atom. The number of hydrogen-bond acceptors (Lipinski definition) is 2. The maximum absolute atomic E-state index is 5.80. The van der Waals surface area contributed by atoms with E-state index >= 15 is 0 Å². The van der Waals surface area contributed by atoms with Gasteiger partial charge in [-0.3, -0.25) is 4.98 Å². The minimum atomic E-state index is 0.0859. The van der Waals surface area contributed by atoms with Crippen LogP contribution in [0.15, 0.2) is 30.5 Å². The first kappa shape index (κ1) is 20.4. The molecule has 3 heterocycles. The van der Waals surface area contributed by atoms with Gasteiger partial charge in [0.05, 0.1) is 17.8 Å². The van der Waals surface area contributed by atoms with Gasteiger partial charge in [-0.05, 0) is 68.6 Å². The molecule has 0 spiro atoms. The molecule has 2 aromatic heterocycles. The molecule has 1 aliphatic carbocycles. The van der Waals surface area contributed by atoms with Gasteiger partial charge < -0.3 is 14.8 Å². The lowest BCUT2D eigenvalue weighted by Gasteiger charge is -2.30. The number of pyridine rings is 1. The number of nitrogens with zero attached hydrogens (tertiary/aromatic N) is 3. The Morgan fingerprint density at radius 2 is 1.93 bits per heavy atom. The quantitative estimate of drug-likeness (QED) is 0.647. The molecule has 2 aliphatic rings. The Hall–Kier alpha value is -1.88. The highest BCUT2D eigenvalue weighted by molar-refractivity contribution is 7.80. The molecule has 1 N–H and O–H groups in total. The Kier molecular flexibility index (Phi) is 5.95. The van der Waals surface area contributed by atoms with E-state index in [4.69, 9.17) is 12.2 Å². The van der Waals surface area contributed by atoms with Gasteiger partial charge in [0.2, 0.25) is 0 Å². The number of aromatic nitrogens is 2. The van der Waals surface area contributed by atoms with E-state index in [9.17, 15) is 0 Å². The summed E-state index contributed by atoms with van der Waals surface area (Å²) in [4.78, 5) is 7.07. The van der Waals surface area contributed by atoms with Crippen molar-refractivity contribution in [3.05, 3.63) is 53.1 Å². The molecule has 0 aromatic carbocycles. The van der Waals surface area contributed by atoms with Crippen LogP contribution >= 0.6 is 12.2 Å². The maximum Gasteiger partial charge on any atom is 0.170 e. The van der Waals surface area contributed by atoms with Crippen LogP contribution in [0.1, 0.15) is 86.7 Å². The van der Waals surface area contributed by atoms with Crippen molar-refractivity contribution < 1.29 is 0 Å². The summed E-state index contributed by atoms with van der Waals surface area (Å²) in [5.41, 5.74) is 5.25. The van der Waals surface area contributed by atoms with Crippen LogP contribution in [0.25, 0.3) is 0 Å². The molecule has 1 saturated heterocycles. The molecule has 0 amide bonds. The highest BCUT2D eigenvalue weighted by atomic mass is 32.1. The first-order valence-corrected chi connectivity index (χ1v) is 11.5. The number of thiocarbonyl (C=S) groups is 1. The Balaban J connectivity index is 1.76. The number of aryl methyl sites for hydroxylation is 1. The Labute approximate surface area is 180 Å². The van der Waals surface area contributed by atoms with Crippen molar-refractivity contribution in [1.29, 1.82) is 0 Å². The number of hydrogen-bond donors (Lipinski definition) is 1. The molecule has 5 heteroatoms. The Bertz CT molecular complexity index is 851. The fraction of sp³-hybridized carbons (Fsp3) is 0.583. The predicted octanol–water partition coefficient (Wildman–Crippen LogP) is 5.63. The summed E-state index contributed by atoms with van der Waals surface area (Å²) in [6.45, 7) is 10.1. The molecular formula is C24H34N4S. The van der Waals surface area contributed by atoms with Crippen LogP contribution in [0, 0.1) is 19.8 Å². The minimum Gasteiger partial charge on any atom is -0.352 e. The lowest BCUT2D eigenvalue weighted by atomic mass is 9.94. The van der Waals surface area contributed by atoms with E-state index in [1.165, 1.54) is 49.1 Å². The second-order valence-corrected chi connectivity index (χ2v) is 9.55. The first-order valence-electron chi connectivity index (χ1n) is 11.1. The standard InChI is InChI=1S/C24H34N4S/c1-16(2)15-27-23(22(26-24(27)29)21-12-8-9-13-25-21)20-14-17(3)28(18(20)4)19-10-6-5-7-11-19/h8-9,12-14,16,19,22-23H,5-7,10-11,15H2,1-4H3,(H,26,29). The zero-order valence-corrected chi connectivity index (χ0v) is 19.0. The lowest BCUT2D eigenvalue weighted by molar-refractivity contribution is 0.285. The van der Waals surface area contributed by atoms with Crippen LogP contribution in [0.3, 0.4) is 0 Å². The van der Waals surface area contributed by atoms with Crippen LogP contribution < -0.4 is 5.32 Å². The molecule has 29 heavy (non-hydrogen) atoms. The third kappa shape index (κ3) is 3.94. The van der Waals surface area contributed by atoms with Crippen LogP contribution in [-0.4, -0.2) is 26.1 Å². The fourth-order valence-electron chi connectivity index (χ4n) is 5.34. The van der Waals surface area contributed by atoms with Gasteiger partial charge in [0.15, 0.2) is 5.11 Å². The molecule has 2 unspecified atom stereocenters. The normalized spacial score (nSPS) is 23.1. The summed E-state index contributed by atoms with van der Waals surface area (Å²) >= 11 is 5.80. The van der Waals surface area contributed by atoms with Gasteiger partial charge in [-0.2, -0.15) is 0 Å². The van der Waals surface area contributed by atoms with E-state index in [0.717, 1.165) is 17.4 Å². The van der Waals surface area contributed by atoms with Gasteiger partial charge in [0, 0.05) is 30.2 Å². The summed E-state index contributed by atoms with van der Waals surface area (Å²) in [5.74, 6) is 0.543. The average molecular weight is 411 g/mol. The van der Waals surface area contributed by atoms with Crippen LogP contribution in [0.2, 0.25) is 0 Å². The van der Waals surface area contributed by atoms with Gasteiger partial charge in [-0.1, -0.05) is 39.2 Å². The topological polar surface area (TPSA) is 33.1 Å². The molecule has 4 rings (SSSR count). The molecule has 0 radical (unpaired) electrons. The molecule has 1 saturated carbocycles. The third-order valence-corrected chi connectivity index (χ3v) is 6.89. The van der Waals surface area contributed by atoms with Gasteiger partial charge in [-0.15, -0.1) is 0 Å². The molecular weight excluding hydrogens is 376 g/mol. The second kappa shape index (κ2) is 8.47. The summed E-state index contributed by atoms with van der Waals surface area (Å²) in [5, 5.41) is 4.44. The first-order chi connectivity index (χ1) is 14.0. The van der Waals surface area contributed by atoms with E-state index < -0.39 is 0 Å². The minimum absolute atomic E-state index is 0.0859. The SMILES string of the molecule is Cc1cc(C2C(c3ccccn3)NC(=S)N2CC(C)C)c(C)n1C1CCCCC1. The average Bonchev–Trinajstić information content (AvgIpc) is 3.18. The van der Waals surface area contributed by atoms with E-state index in [2.05, 4.69) is 65.7 Å². The summed E-state index contributed by atoms with van der Waals surface area (Å²) in [6, 6.07) is 9.49. The van der Waals surface area contributed by atoms with E-state index in [-0.39, 0.29) is 12.1 Å². The molecule has 2 aromatic rings. The third-order valence-electron chi connectivity index (χ3n) is 6.54. The Morgan fingerprint density at radius 1 is 1.17 bits per heavy atom. The van der Waals surface area contributed by atoms with Crippen molar-refractivity contribution in [2.75, 3.05) is 6.54 Å². The highest BCUT2D eigenvalue weighted by Gasteiger charge is 2.41. The fourth-order valence-corrected chi connectivity index (χ4v) is 5.65. The predicted molar refractivity (Wildman–Crippen MR) is 123 cm³/mol. The van der Waals surface area contributed by atoms with Crippen LogP contribution in [0.4, 0.5) is 0 Å². The van der Waals surface area contributed by atoms with E-state index in [1.54, 1.807) is 0 Å². The molecule has 0 bridgehead atoms. The maximum atomic E-state index is 5.80. The van der Waals surface area contributed by atoms with Crippen molar-refractivity contribution in [2.24, 2.45) is 5.92 Å². The summed E-state index contributed by atoms with van der Waals surface area (Å²) in [7, 11) is 0. The second-order valence-electron chi connectivity index (χ2n) is 9.16. The van der Waals surface area contributed by atoms with Gasteiger partial charge in [0.1, 0.15) is 0 Å². The van der Waals surface area contributed by atoms with Crippen molar-refractivity contribution in [3.63, 3.8) is 0 Å². The number of rotatable bonds is 5. The molecule has 1 aliphatic heterocycles. The zero-order valence-electron chi connectivity index (χ0n) is 18.2. The number of nitrogens with one attached hydrogen (secondary N) is 1. The van der Waals surface area contributed by atoms with Crippen LogP contribution in [-0.2, 0) is 0 Å². The van der Waals surface area contributed by atoms with Gasteiger partial charge in [-0.25, -0.2) is 0 Å². The van der Waals surface area contributed by atoms with Crippen molar-refractivity contribution in [2.45, 2.75) is 77.9 Å². The summed E-state index contributed by atoms with van der Waals surface area (Å²) in [6.07, 6.45) is 8.57. The molecule has 2 atom stereocenters.